The lowest BCUT2D eigenvalue weighted by atomic mass is 10.0. The number of carbonyl (C=O) groups excluding carboxylic acids is 1. The third kappa shape index (κ3) is 4.47. The predicted molar refractivity (Wildman–Crippen MR) is 103 cm³/mol. The molecular formula is C20H17ClF3N3O2. The molecule has 0 radical (unpaired) electrons. The van der Waals surface area contributed by atoms with Gasteiger partial charge in [0.25, 0.3) is 5.91 Å². The van der Waals surface area contributed by atoms with Gasteiger partial charge in [-0.1, -0.05) is 11.6 Å². The van der Waals surface area contributed by atoms with Crippen LogP contribution in [0.4, 0.5) is 24.5 Å². The zero-order chi connectivity index (χ0) is 21.4. The normalized spacial score (nSPS) is 15.4. The molecule has 0 bridgehead atoms. The summed E-state index contributed by atoms with van der Waals surface area (Å²) >= 11 is 5.98. The summed E-state index contributed by atoms with van der Waals surface area (Å²) in [5.41, 5.74) is -1.88. The zero-order valence-electron chi connectivity index (χ0n) is 15.3. The number of benzene rings is 2. The molecule has 0 saturated carbocycles. The number of hydrogen-bond donors (Lipinski definition) is 2. The van der Waals surface area contributed by atoms with E-state index in [4.69, 9.17) is 16.9 Å². The van der Waals surface area contributed by atoms with Crippen molar-refractivity contribution in [1.82, 2.24) is 0 Å². The largest absolute Gasteiger partial charge is 0.417 e. The smallest absolute Gasteiger partial charge is 0.378 e. The third-order valence-corrected chi connectivity index (χ3v) is 4.96. The van der Waals surface area contributed by atoms with E-state index in [-0.39, 0.29) is 12.2 Å². The first-order valence-corrected chi connectivity index (χ1v) is 9.07. The average Bonchev–Trinajstić information content (AvgIpc) is 3.02. The molecule has 0 fully saturated rings. The zero-order valence-corrected chi connectivity index (χ0v) is 16.1. The first-order chi connectivity index (χ1) is 13.5. The summed E-state index contributed by atoms with van der Waals surface area (Å²) in [6.07, 6.45) is -4.03. The molecule has 1 unspecified atom stereocenters. The first kappa shape index (κ1) is 21.0. The summed E-state index contributed by atoms with van der Waals surface area (Å²) in [6.45, 7) is 1.83. The second-order valence-corrected chi connectivity index (χ2v) is 7.48. The standard InChI is InChI=1S/C20H17ClF3N3O2/c1-19(29,11-27-7-6-12-8-14(21)3-5-17(12)27)18(28)26-15-4-2-13(10-25)16(9-15)20(22,23)24/h2-5,8-9,29H,6-7,11H2,1H3,(H,26,28). The minimum Gasteiger partial charge on any atom is -0.378 e. The Hall–Kier alpha value is -2.76. The van der Waals surface area contributed by atoms with Gasteiger partial charge in [-0.3, -0.25) is 4.79 Å². The molecule has 5 nitrogen and oxygen atoms in total. The highest BCUT2D eigenvalue weighted by atomic mass is 35.5. The van der Waals surface area contributed by atoms with Crippen molar-refractivity contribution >= 4 is 28.9 Å². The van der Waals surface area contributed by atoms with E-state index in [1.165, 1.54) is 19.1 Å². The van der Waals surface area contributed by atoms with Gasteiger partial charge in [-0.15, -0.1) is 0 Å². The molecule has 2 aromatic rings. The SMILES string of the molecule is CC(O)(CN1CCc2cc(Cl)ccc21)C(=O)Nc1ccc(C#N)c(C(F)(F)F)c1. The second kappa shape index (κ2) is 7.58. The molecule has 152 valence electrons. The van der Waals surface area contributed by atoms with Gasteiger partial charge in [0.05, 0.1) is 23.7 Å². The number of nitrogens with one attached hydrogen (secondary N) is 1. The highest BCUT2D eigenvalue weighted by Crippen LogP contribution is 2.34. The van der Waals surface area contributed by atoms with Gasteiger partial charge in [-0.05, 0) is 55.3 Å². The number of nitrogens with zero attached hydrogens (tertiary/aromatic N) is 2. The quantitative estimate of drug-likeness (QED) is 0.779. The monoisotopic (exact) mass is 423 g/mol. The summed E-state index contributed by atoms with van der Waals surface area (Å²) in [4.78, 5) is 14.4. The second-order valence-electron chi connectivity index (χ2n) is 7.04. The molecule has 1 amide bonds. The van der Waals surface area contributed by atoms with E-state index in [0.717, 1.165) is 17.3 Å². The van der Waals surface area contributed by atoms with Crippen LogP contribution >= 0.6 is 11.6 Å². The average molecular weight is 424 g/mol. The molecule has 9 heteroatoms. The van der Waals surface area contributed by atoms with Crippen molar-refractivity contribution in [3.05, 3.63) is 58.1 Å². The van der Waals surface area contributed by atoms with Crippen LogP contribution in [0.1, 0.15) is 23.6 Å². The topological polar surface area (TPSA) is 76.4 Å². The van der Waals surface area contributed by atoms with Crippen LogP contribution in [0.15, 0.2) is 36.4 Å². The Morgan fingerprint density at radius 3 is 2.69 bits per heavy atom. The third-order valence-electron chi connectivity index (χ3n) is 4.72. The lowest BCUT2D eigenvalue weighted by Crippen LogP contribution is -2.49. The lowest BCUT2D eigenvalue weighted by molar-refractivity contribution is -0.138. The number of halogens is 4. The fraction of sp³-hybridized carbons (Fsp3) is 0.300. The van der Waals surface area contributed by atoms with E-state index in [9.17, 15) is 23.1 Å². The molecule has 1 aliphatic rings. The van der Waals surface area contributed by atoms with Crippen LogP contribution in [0.5, 0.6) is 0 Å². The molecular weight excluding hydrogens is 407 g/mol. The van der Waals surface area contributed by atoms with E-state index in [1.54, 1.807) is 12.1 Å². The minimum atomic E-state index is -4.74. The predicted octanol–water partition coefficient (Wildman–Crippen LogP) is 3.98. The van der Waals surface area contributed by atoms with Crippen molar-refractivity contribution in [2.75, 3.05) is 23.3 Å². The number of hydrogen-bond acceptors (Lipinski definition) is 4. The molecule has 0 saturated heterocycles. The molecule has 29 heavy (non-hydrogen) atoms. The number of alkyl halides is 3. The van der Waals surface area contributed by atoms with E-state index in [2.05, 4.69) is 5.32 Å². The van der Waals surface area contributed by atoms with Gasteiger partial charge in [0.15, 0.2) is 5.60 Å². The summed E-state index contributed by atoms with van der Waals surface area (Å²) in [5, 5.41) is 22.4. The number of anilines is 2. The van der Waals surface area contributed by atoms with Gasteiger partial charge < -0.3 is 15.3 Å². The maximum absolute atomic E-state index is 13.1. The van der Waals surface area contributed by atoms with Gasteiger partial charge in [0.2, 0.25) is 0 Å². The van der Waals surface area contributed by atoms with Crippen molar-refractivity contribution in [1.29, 1.82) is 5.26 Å². The molecule has 2 aromatic carbocycles. The Labute approximate surface area is 170 Å². The van der Waals surface area contributed by atoms with Crippen LogP contribution in [-0.4, -0.2) is 29.7 Å². The van der Waals surface area contributed by atoms with Gasteiger partial charge in [0, 0.05) is 22.9 Å². The Morgan fingerprint density at radius 2 is 2.03 bits per heavy atom. The molecule has 3 rings (SSSR count). The number of aliphatic hydroxyl groups is 1. The Bertz CT molecular complexity index is 999. The number of carbonyl (C=O) groups is 1. The molecule has 0 spiro atoms. The van der Waals surface area contributed by atoms with Gasteiger partial charge in [-0.2, -0.15) is 18.4 Å². The summed E-state index contributed by atoms with van der Waals surface area (Å²) in [7, 11) is 0. The van der Waals surface area contributed by atoms with Crippen LogP contribution < -0.4 is 10.2 Å². The Balaban J connectivity index is 1.76. The van der Waals surface area contributed by atoms with E-state index < -0.39 is 28.8 Å². The number of amides is 1. The fourth-order valence-electron chi connectivity index (χ4n) is 3.27. The van der Waals surface area contributed by atoms with Crippen LogP contribution in [0, 0.1) is 11.3 Å². The van der Waals surface area contributed by atoms with Crippen molar-refractivity contribution in [3.8, 4) is 6.07 Å². The molecule has 1 heterocycles. The van der Waals surface area contributed by atoms with Gasteiger partial charge in [-0.25, -0.2) is 0 Å². The van der Waals surface area contributed by atoms with Crippen molar-refractivity contribution < 1.29 is 23.1 Å². The summed E-state index contributed by atoms with van der Waals surface area (Å²) in [5.74, 6) is -0.849. The van der Waals surface area contributed by atoms with Crippen molar-refractivity contribution in [2.24, 2.45) is 0 Å². The van der Waals surface area contributed by atoms with Gasteiger partial charge >= 0.3 is 6.18 Å². The highest BCUT2D eigenvalue weighted by molar-refractivity contribution is 6.30. The first-order valence-electron chi connectivity index (χ1n) is 8.70. The molecule has 1 atom stereocenters. The van der Waals surface area contributed by atoms with Gasteiger partial charge in [0.1, 0.15) is 0 Å². The number of fused-ring (bicyclic) bond motifs is 1. The molecule has 1 aliphatic heterocycles. The number of rotatable bonds is 4. The molecule has 0 aromatic heterocycles. The van der Waals surface area contributed by atoms with Crippen molar-refractivity contribution in [2.45, 2.75) is 25.1 Å². The number of β-amino-alcohol motifs (C(OH)–C–C–N with tert-alkyl or cyclic N) is 1. The summed E-state index contributed by atoms with van der Waals surface area (Å²) < 4.78 is 39.3. The van der Waals surface area contributed by atoms with Crippen LogP contribution in [0.25, 0.3) is 0 Å². The van der Waals surface area contributed by atoms with Crippen LogP contribution in [-0.2, 0) is 17.4 Å². The Kier molecular flexibility index (Phi) is 5.48. The van der Waals surface area contributed by atoms with E-state index in [0.29, 0.717) is 24.1 Å². The van der Waals surface area contributed by atoms with E-state index in [1.807, 2.05) is 11.0 Å². The lowest BCUT2D eigenvalue weighted by Gasteiger charge is -2.29. The highest BCUT2D eigenvalue weighted by Gasteiger charge is 2.37. The molecule has 2 N–H and O–H groups in total. The fourth-order valence-corrected chi connectivity index (χ4v) is 3.46. The maximum atomic E-state index is 13.1. The summed E-state index contributed by atoms with van der Waals surface area (Å²) in [6, 6.07) is 9.66. The Morgan fingerprint density at radius 1 is 1.31 bits per heavy atom. The van der Waals surface area contributed by atoms with Crippen molar-refractivity contribution in [3.63, 3.8) is 0 Å². The number of nitriles is 1. The minimum absolute atomic E-state index is 0.0458. The molecule has 0 aliphatic carbocycles. The maximum Gasteiger partial charge on any atom is 0.417 e. The van der Waals surface area contributed by atoms with Crippen LogP contribution in [0.3, 0.4) is 0 Å². The van der Waals surface area contributed by atoms with Crippen LogP contribution in [0.2, 0.25) is 5.02 Å². The van der Waals surface area contributed by atoms with E-state index >= 15 is 0 Å².